The van der Waals surface area contributed by atoms with Gasteiger partial charge in [-0.3, -0.25) is 16.0 Å². The molecular weight excluding hydrogens is 330 g/mol. The Hall–Kier alpha value is -1.31. The molecule has 0 aliphatic heterocycles. The highest BCUT2D eigenvalue weighted by atomic mass is 79.9. The Bertz CT molecular complexity index is 600. The van der Waals surface area contributed by atoms with Crippen LogP contribution in [0.1, 0.15) is 24.2 Å². The minimum Gasteiger partial charge on any atom is -0.271 e. The smallest absolute Gasteiger partial charge is 0.162 e. The summed E-state index contributed by atoms with van der Waals surface area (Å²) in [6.45, 7) is 2.60. The standard InChI is InChI=1S/C13H15BrF2N4/c1-2-20-13(9(14)7-18-20)11(19-17)6-8-4-3-5-10(15)12(8)16/h3-5,7,11,19H,2,6,17H2,1H3. The van der Waals surface area contributed by atoms with Gasteiger partial charge in [-0.05, 0) is 40.9 Å². The summed E-state index contributed by atoms with van der Waals surface area (Å²) in [4.78, 5) is 0. The zero-order valence-electron chi connectivity index (χ0n) is 10.9. The minimum atomic E-state index is -0.860. The second-order valence-corrected chi connectivity index (χ2v) is 5.18. The van der Waals surface area contributed by atoms with Crippen molar-refractivity contribution in [1.29, 1.82) is 0 Å². The molecule has 1 aromatic heterocycles. The normalized spacial score (nSPS) is 12.7. The van der Waals surface area contributed by atoms with E-state index in [0.29, 0.717) is 6.54 Å². The molecule has 0 spiro atoms. The van der Waals surface area contributed by atoms with E-state index in [1.54, 1.807) is 16.9 Å². The molecule has 0 bridgehead atoms. The van der Waals surface area contributed by atoms with E-state index in [2.05, 4.69) is 26.5 Å². The zero-order chi connectivity index (χ0) is 14.7. The Morgan fingerprint density at radius 2 is 2.20 bits per heavy atom. The van der Waals surface area contributed by atoms with Gasteiger partial charge in [-0.25, -0.2) is 8.78 Å². The molecule has 3 N–H and O–H groups in total. The number of hydrogen-bond donors (Lipinski definition) is 2. The summed E-state index contributed by atoms with van der Waals surface area (Å²) in [7, 11) is 0. The van der Waals surface area contributed by atoms with E-state index in [1.165, 1.54) is 6.07 Å². The van der Waals surface area contributed by atoms with Crippen LogP contribution in [-0.4, -0.2) is 9.78 Å². The van der Waals surface area contributed by atoms with Gasteiger partial charge in [0.15, 0.2) is 11.6 Å². The fourth-order valence-corrected chi connectivity index (χ4v) is 2.70. The van der Waals surface area contributed by atoms with E-state index in [1.807, 2.05) is 6.92 Å². The van der Waals surface area contributed by atoms with Crippen LogP contribution in [0.4, 0.5) is 8.78 Å². The van der Waals surface area contributed by atoms with Crippen LogP contribution in [0.15, 0.2) is 28.9 Å². The summed E-state index contributed by atoms with van der Waals surface area (Å²) in [5, 5.41) is 4.19. The summed E-state index contributed by atoms with van der Waals surface area (Å²) in [6, 6.07) is 3.75. The molecule has 0 saturated heterocycles. The van der Waals surface area contributed by atoms with E-state index >= 15 is 0 Å². The van der Waals surface area contributed by atoms with Crippen molar-refractivity contribution in [3.05, 3.63) is 51.8 Å². The Balaban J connectivity index is 2.34. The number of benzene rings is 1. The van der Waals surface area contributed by atoms with Gasteiger partial charge < -0.3 is 0 Å². The van der Waals surface area contributed by atoms with Crippen molar-refractivity contribution in [3.8, 4) is 0 Å². The summed E-state index contributed by atoms with van der Waals surface area (Å²) >= 11 is 3.40. The first-order valence-corrected chi connectivity index (χ1v) is 6.98. The average molecular weight is 345 g/mol. The quantitative estimate of drug-likeness (QED) is 0.647. The van der Waals surface area contributed by atoms with Gasteiger partial charge in [-0.1, -0.05) is 12.1 Å². The molecule has 0 fully saturated rings. The first-order valence-electron chi connectivity index (χ1n) is 6.18. The van der Waals surface area contributed by atoms with Crippen LogP contribution in [-0.2, 0) is 13.0 Å². The Labute approximate surface area is 124 Å². The zero-order valence-corrected chi connectivity index (χ0v) is 12.5. The molecule has 1 aromatic carbocycles. The maximum absolute atomic E-state index is 13.7. The second-order valence-electron chi connectivity index (χ2n) is 4.33. The largest absolute Gasteiger partial charge is 0.271 e. The maximum Gasteiger partial charge on any atom is 0.162 e. The van der Waals surface area contributed by atoms with Crippen LogP contribution in [0.3, 0.4) is 0 Å². The lowest BCUT2D eigenvalue weighted by Crippen LogP contribution is -2.32. The van der Waals surface area contributed by atoms with Crippen molar-refractivity contribution < 1.29 is 8.78 Å². The molecule has 4 nitrogen and oxygen atoms in total. The SMILES string of the molecule is CCn1ncc(Br)c1C(Cc1cccc(F)c1F)NN. The summed E-state index contributed by atoms with van der Waals surface area (Å²) < 4.78 is 29.5. The number of nitrogens with two attached hydrogens (primary N) is 1. The average Bonchev–Trinajstić information content (AvgIpc) is 2.82. The van der Waals surface area contributed by atoms with Crippen molar-refractivity contribution in [3.63, 3.8) is 0 Å². The van der Waals surface area contributed by atoms with Gasteiger partial charge in [-0.2, -0.15) is 5.10 Å². The van der Waals surface area contributed by atoms with Crippen LogP contribution in [0, 0.1) is 11.6 Å². The van der Waals surface area contributed by atoms with Crippen molar-refractivity contribution >= 4 is 15.9 Å². The monoisotopic (exact) mass is 344 g/mol. The van der Waals surface area contributed by atoms with Gasteiger partial charge in [0.1, 0.15) is 0 Å². The highest BCUT2D eigenvalue weighted by Crippen LogP contribution is 2.26. The molecular formula is C13H15BrF2N4. The van der Waals surface area contributed by atoms with Gasteiger partial charge >= 0.3 is 0 Å². The molecule has 108 valence electrons. The van der Waals surface area contributed by atoms with E-state index in [-0.39, 0.29) is 18.0 Å². The molecule has 20 heavy (non-hydrogen) atoms. The molecule has 0 aliphatic rings. The highest BCUT2D eigenvalue weighted by molar-refractivity contribution is 9.10. The molecule has 1 atom stereocenters. The number of aryl methyl sites for hydroxylation is 1. The van der Waals surface area contributed by atoms with Gasteiger partial charge in [0.05, 0.1) is 22.4 Å². The highest BCUT2D eigenvalue weighted by Gasteiger charge is 2.21. The van der Waals surface area contributed by atoms with Crippen LogP contribution >= 0.6 is 15.9 Å². The fourth-order valence-electron chi connectivity index (χ4n) is 2.13. The molecule has 0 aliphatic carbocycles. The Kier molecular flexibility index (Phi) is 4.85. The lowest BCUT2D eigenvalue weighted by molar-refractivity contribution is 0.461. The summed E-state index contributed by atoms with van der Waals surface area (Å²) in [5.41, 5.74) is 3.71. The number of halogens is 3. The predicted octanol–water partition coefficient (Wildman–Crippen LogP) is 2.69. The predicted molar refractivity (Wildman–Crippen MR) is 75.7 cm³/mol. The van der Waals surface area contributed by atoms with Crippen molar-refractivity contribution in [2.24, 2.45) is 5.84 Å². The lowest BCUT2D eigenvalue weighted by atomic mass is 10.0. The third-order valence-electron chi connectivity index (χ3n) is 3.12. The third-order valence-corrected chi connectivity index (χ3v) is 3.73. The first-order chi connectivity index (χ1) is 9.58. The van der Waals surface area contributed by atoms with E-state index in [9.17, 15) is 8.78 Å². The van der Waals surface area contributed by atoms with Crippen molar-refractivity contribution in [1.82, 2.24) is 15.2 Å². The van der Waals surface area contributed by atoms with E-state index in [0.717, 1.165) is 16.2 Å². The number of hydrogen-bond acceptors (Lipinski definition) is 3. The third kappa shape index (κ3) is 2.89. The fraction of sp³-hybridized carbons (Fsp3) is 0.308. The molecule has 7 heteroatoms. The lowest BCUT2D eigenvalue weighted by Gasteiger charge is -2.18. The molecule has 2 rings (SSSR count). The van der Waals surface area contributed by atoms with Gasteiger partial charge in [-0.15, -0.1) is 0 Å². The maximum atomic E-state index is 13.7. The van der Waals surface area contributed by atoms with Crippen molar-refractivity contribution in [2.45, 2.75) is 25.9 Å². The summed E-state index contributed by atoms with van der Waals surface area (Å²) in [5.74, 6) is 3.86. The number of aromatic nitrogens is 2. The molecule has 0 radical (unpaired) electrons. The van der Waals surface area contributed by atoms with Gasteiger partial charge in [0, 0.05) is 6.54 Å². The Morgan fingerprint density at radius 1 is 1.45 bits per heavy atom. The second kappa shape index (κ2) is 6.43. The Morgan fingerprint density at radius 3 is 2.85 bits per heavy atom. The van der Waals surface area contributed by atoms with Crippen LogP contribution in [0.25, 0.3) is 0 Å². The number of hydrazine groups is 1. The van der Waals surface area contributed by atoms with E-state index in [4.69, 9.17) is 5.84 Å². The topological polar surface area (TPSA) is 55.9 Å². The van der Waals surface area contributed by atoms with Crippen molar-refractivity contribution in [2.75, 3.05) is 0 Å². The summed E-state index contributed by atoms with van der Waals surface area (Å²) in [6.07, 6.45) is 1.88. The molecule has 1 unspecified atom stereocenters. The number of rotatable bonds is 5. The van der Waals surface area contributed by atoms with Crippen LogP contribution < -0.4 is 11.3 Å². The van der Waals surface area contributed by atoms with Crippen LogP contribution in [0.5, 0.6) is 0 Å². The van der Waals surface area contributed by atoms with Gasteiger partial charge in [0.2, 0.25) is 0 Å². The first kappa shape index (κ1) is 15.1. The molecule has 2 aromatic rings. The van der Waals surface area contributed by atoms with E-state index < -0.39 is 11.6 Å². The molecule has 0 amide bonds. The van der Waals surface area contributed by atoms with Crippen LogP contribution in [0.2, 0.25) is 0 Å². The molecule has 1 heterocycles. The molecule has 0 saturated carbocycles. The minimum absolute atomic E-state index is 0.227. The number of nitrogens with one attached hydrogen (secondary N) is 1. The van der Waals surface area contributed by atoms with Gasteiger partial charge in [0.25, 0.3) is 0 Å². The number of nitrogens with zero attached hydrogens (tertiary/aromatic N) is 2.